The molecule has 0 saturated heterocycles. The van der Waals surface area contributed by atoms with Crippen molar-refractivity contribution >= 4 is 110 Å². The van der Waals surface area contributed by atoms with Gasteiger partial charge in [0.25, 0.3) is 0 Å². The van der Waals surface area contributed by atoms with Gasteiger partial charge in [0.05, 0.1) is 0 Å². The molecule has 4 heterocycles. The Morgan fingerprint density at radius 2 is 0.922 bits per heavy atom. The normalized spacial score (nSPS) is 12.3. The average Bonchev–Trinajstić information content (AvgIpc) is 3.85. The van der Waals surface area contributed by atoms with Gasteiger partial charge < -0.3 is 0 Å². The van der Waals surface area contributed by atoms with Crippen molar-refractivity contribution in [1.29, 1.82) is 0 Å². The summed E-state index contributed by atoms with van der Waals surface area (Å²) in [6.07, 6.45) is 2.02. The van der Waals surface area contributed by atoms with Gasteiger partial charge in [-0.1, -0.05) is 48.5 Å². The van der Waals surface area contributed by atoms with Crippen LogP contribution in [0.15, 0.2) is 158 Å². The second kappa shape index (κ2) is 10.1. The van der Waals surface area contributed by atoms with Crippen molar-refractivity contribution in [3.8, 4) is 11.6 Å². The molecule has 0 aliphatic heterocycles. The fourth-order valence-electron chi connectivity index (χ4n) is 8.66. The first-order valence-electron chi connectivity index (χ1n) is 17.3. The van der Waals surface area contributed by atoms with Crippen LogP contribution in [0.25, 0.3) is 107 Å². The Balaban J connectivity index is 1.20. The molecule has 12 rings (SSSR count). The van der Waals surface area contributed by atoms with E-state index in [4.69, 9.17) is 9.97 Å². The molecule has 0 bridgehead atoms. The van der Waals surface area contributed by atoms with Crippen LogP contribution in [-0.4, -0.2) is 33.6 Å². The number of fused-ring (bicyclic) bond motifs is 16. The van der Waals surface area contributed by atoms with Crippen LogP contribution in [0.4, 0.5) is 0 Å². The molecule has 0 fully saturated rings. The first kappa shape index (κ1) is 27.5. The third-order valence-corrected chi connectivity index (χ3v) is 13.3. The zero-order valence-electron chi connectivity index (χ0n) is 27.2. The van der Waals surface area contributed by atoms with E-state index in [0.29, 0.717) is 5.95 Å². The molecule has 0 spiro atoms. The van der Waals surface area contributed by atoms with Crippen molar-refractivity contribution in [2.24, 2.45) is 0 Å². The Kier molecular flexibility index (Phi) is 5.48. The number of para-hydroxylation sites is 2. The Bertz CT molecular complexity index is 3400. The summed E-state index contributed by atoms with van der Waals surface area (Å²) in [6.45, 7) is 0. The molecule has 51 heavy (non-hydrogen) atoms. The summed E-state index contributed by atoms with van der Waals surface area (Å²) < 4.78 is 7.67. The first-order chi connectivity index (χ1) is 25.3. The minimum absolute atomic E-state index is 0.225. The first-order valence-corrected chi connectivity index (χ1v) is 19.0. The molecule has 236 valence electrons. The standard InChI is InChI=1S/C46H26N4Se/c1-2-14-29-27(12-1)28-13-3-4-16-31(28)44-35(29)26-47-46(48-44)50-37-21-9-6-18-34(37)43-39(50)25-24-38-42(43)33-17-5-8-20-36(33)49(38)40-22-11-19-32-30-15-7-10-23-41(30)51-45(32)40/h1-26H. The minimum atomic E-state index is 0.225. The van der Waals surface area contributed by atoms with Crippen molar-refractivity contribution in [1.82, 2.24) is 19.1 Å². The Hall–Kier alpha value is -6.26. The van der Waals surface area contributed by atoms with Gasteiger partial charge >= 0.3 is 234 Å². The van der Waals surface area contributed by atoms with Crippen LogP contribution < -0.4 is 0 Å². The summed E-state index contributed by atoms with van der Waals surface area (Å²) >= 11 is 0.225. The van der Waals surface area contributed by atoms with Crippen LogP contribution in [-0.2, 0) is 0 Å². The number of benzene rings is 8. The van der Waals surface area contributed by atoms with E-state index in [9.17, 15) is 0 Å². The van der Waals surface area contributed by atoms with E-state index in [-0.39, 0.29) is 14.5 Å². The predicted octanol–water partition coefficient (Wildman–Crippen LogP) is 11.5. The topological polar surface area (TPSA) is 35.6 Å². The van der Waals surface area contributed by atoms with Crippen LogP contribution in [0.5, 0.6) is 0 Å². The summed E-state index contributed by atoms with van der Waals surface area (Å²) in [4.78, 5) is 10.5. The van der Waals surface area contributed by atoms with Gasteiger partial charge in [-0.3, -0.25) is 0 Å². The molecular formula is C46H26N4Se. The zero-order valence-corrected chi connectivity index (χ0v) is 28.9. The molecule has 0 aliphatic rings. The van der Waals surface area contributed by atoms with Crippen LogP contribution in [0.2, 0.25) is 0 Å². The fourth-order valence-corrected chi connectivity index (χ4v) is 11.2. The SMILES string of the molecule is c1ccc2c(c1)[se]c1c(-n3c4ccccc4c4c5c6ccccc6n(-c6ncc7c8ccccc8c8ccccc8c7n6)c5ccc43)cccc12. The van der Waals surface area contributed by atoms with Crippen molar-refractivity contribution in [2.45, 2.75) is 0 Å². The number of nitrogens with zero attached hydrogens (tertiary/aromatic N) is 4. The average molecular weight is 714 g/mol. The molecule has 5 heteroatoms. The van der Waals surface area contributed by atoms with Crippen LogP contribution in [0.3, 0.4) is 0 Å². The van der Waals surface area contributed by atoms with Crippen molar-refractivity contribution in [3.05, 3.63) is 158 Å². The molecule has 8 aromatic carbocycles. The molecule has 0 N–H and O–H groups in total. The van der Waals surface area contributed by atoms with Gasteiger partial charge in [0.15, 0.2) is 0 Å². The fraction of sp³-hybridized carbons (Fsp3) is 0. The van der Waals surface area contributed by atoms with Gasteiger partial charge in [-0.05, 0) is 16.2 Å². The van der Waals surface area contributed by atoms with Crippen LogP contribution in [0, 0.1) is 0 Å². The summed E-state index contributed by atoms with van der Waals surface area (Å²) in [5.74, 6) is 0.679. The molecule has 12 aromatic rings. The molecule has 4 aromatic heterocycles. The van der Waals surface area contributed by atoms with Gasteiger partial charge in [0, 0.05) is 0 Å². The molecule has 0 saturated carbocycles. The number of hydrogen-bond donors (Lipinski definition) is 0. The summed E-state index contributed by atoms with van der Waals surface area (Å²) in [5, 5.41) is 13.5. The van der Waals surface area contributed by atoms with Crippen molar-refractivity contribution in [3.63, 3.8) is 0 Å². The number of rotatable bonds is 2. The van der Waals surface area contributed by atoms with E-state index in [1.165, 1.54) is 73.7 Å². The van der Waals surface area contributed by atoms with Crippen LogP contribution in [0.1, 0.15) is 0 Å². The summed E-state index contributed by atoms with van der Waals surface area (Å²) in [7, 11) is 0. The molecule has 0 atom stereocenters. The predicted molar refractivity (Wildman–Crippen MR) is 215 cm³/mol. The summed E-state index contributed by atoms with van der Waals surface area (Å²) in [5.41, 5.74) is 6.88. The molecule has 0 aliphatic carbocycles. The maximum absolute atomic E-state index is 5.40. The molecule has 4 nitrogen and oxygen atoms in total. The second-order valence-corrected chi connectivity index (χ2v) is 15.5. The Morgan fingerprint density at radius 1 is 0.392 bits per heavy atom. The Labute approximate surface area is 297 Å². The van der Waals surface area contributed by atoms with E-state index in [0.717, 1.165) is 27.3 Å². The Morgan fingerprint density at radius 3 is 1.65 bits per heavy atom. The van der Waals surface area contributed by atoms with Crippen molar-refractivity contribution < 1.29 is 0 Å². The van der Waals surface area contributed by atoms with E-state index in [1.54, 1.807) is 0 Å². The maximum atomic E-state index is 5.40. The van der Waals surface area contributed by atoms with Gasteiger partial charge in [-0.2, -0.15) is 0 Å². The van der Waals surface area contributed by atoms with Gasteiger partial charge in [0.2, 0.25) is 0 Å². The van der Waals surface area contributed by atoms with E-state index >= 15 is 0 Å². The van der Waals surface area contributed by atoms with E-state index < -0.39 is 0 Å². The van der Waals surface area contributed by atoms with Gasteiger partial charge in [0.1, 0.15) is 0 Å². The number of aromatic nitrogens is 4. The van der Waals surface area contributed by atoms with Gasteiger partial charge in [-0.25, -0.2) is 0 Å². The zero-order chi connectivity index (χ0) is 33.2. The third-order valence-electron chi connectivity index (χ3n) is 10.8. The third kappa shape index (κ3) is 3.64. The van der Waals surface area contributed by atoms with E-state index in [1.807, 2.05) is 6.20 Å². The van der Waals surface area contributed by atoms with E-state index in [2.05, 4.69) is 161 Å². The second-order valence-electron chi connectivity index (χ2n) is 13.3. The monoisotopic (exact) mass is 714 g/mol. The number of hydrogen-bond acceptors (Lipinski definition) is 2. The molecule has 0 amide bonds. The summed E-state index contributed by atoms with van der Waals surface area (Å²) in [6, 6.07) is 55.1. The van der Waals surface area contributed by atoms with Crippen LogP contribution >= 0.6 is 0 Å². The van der Waals surface area contributed by atoms with Gasteiger partial charge in [-0.15, -0.1) is 0 Å². The quantitative estimate of drug-likeness (QED) is 0.132. The molecular weight excluding hydrogens is 687 g/mol. The molecule has 0 radical (unpaired) electrons. The molecule has 0 unspecified atom stereocenters. The van der Waals surface area contributed by atoms with Crippen molar-refractivity contribution in [2.75, 3.05) is 0 Å².